The molecule has 0 aliphatic heterocycles. The monoisotopic (exact) mass is 352 g/mol. The Morgan fingerprint density at radius 1 is 1.52 bits per heavy atom. The highest BCUT2D eigenvalue weighted by molar-refractivity contribution is 8.00. The van der Waals surface area contributed by atoms with Gasteiger partial charge in [0.15, 0.2) is 5.16 Å². The number of nitrogens with one attached hydrogen (secondary N) is 2. The molecule has 2 N–H and O–H groups in total. The summed E-state index contributed by atoms with van der Waals surface area (Å²) >= 11 is 7.24. The zero-order chi connectivity index (χ0) is 16.6. The largest absolute Gasteiger partial charge is 0.344 e. The number of carbonyl (C=O) groups excluding carboxylic acids is 1. The lowest BCUT2D eigenvalue weighted by Crippen LogP contribution is -2.24. The first-order valence-corrected chi connectivity index (χ1v) is 8.62. The van der Waals surface area contributed by atoms with Crippen molar-refractivity contribution in [3.63, 3.8) is 0 Å². The minimum absolute atomic E-state index is 0.154. The smallest absolute Gasteiger partial charge is 0.325 e. The second-order valence-corrected chi connectivity index (χ2v) is 7.37. The van der Waals surface area contributed by atoms with Crippen molar-refractivity contribution in [2.75, 3.05) is 5.32 Å². The number of aromatic nitrogens is 3. The summed E-state index contributed by atoms with van der Waals surface area (Å²) in [5, 5.41) is 10.1. The summed E-state index contributed by atoms with van der Waals surface area (Å²) in [6, 6.07) is 5.58. The average molecular weight is 353 g/mol. The van der Waals surface area contributed by atoms with Gasteiger partial charge in [-0.05, 0) is 44.4 Å². The highest BCUT2D eigenvalue weighted by Crippen LogP contribution is 2.36. The van der Waals surface area contributed by atoms with Gasteiger partial charge in [0.2, 0.25) is 5.91 Å². The zero-order valence-electron chi connectivity index (χ0n) is 12.8. The van der Waals surface area contributed by atoms with Crippen LogP contribution in [0.3, 0.4) is 0 Å². The Balaban J connectivity index is 1.71. The van der Waals surface area contributed by atoms with Gasteiger partial charge in [0.1, 0.15) is 0 Å². The first-order valence-electron chi connectivity index (χ1n) is 7.36. The average Bonchev–Trinajstić information content (AvgIpc) is 3.27. The van der Waals surface area contributed by atoms with Gasteiger partial charge >= 0.3 is 5.69 Å². The molecule has 23 heavy (non-hydrogen) atoms. The summed E-state index contributed by atoms with van der Waals surface area (Å²) in [6.45, 7) is 3.69. The van der Waals surface area contributed by atoms with Crippen LogP contribution in [-0.4, -0.2) is 25.9 Å². The number of H-pyrrole nitrogens is 1. The number of amides is 1. The number of hydrogen-bond donors (Lipinski definition) is 2. The minimum Gasteiger partial charge on any atom is -0.325 e. The second-order valence-electron chi connectivity index (χ2n) is 5.62. The number of halogens is 1. The maximum Gasteiger partial charge on any atom is 0.344 e. The zero-order valence-corrected chi connectivity index (χ0v) is 14.4. The van der Waals surface area contributed by atoms with Crippen molar-refractivity contribution in [3.05, 3.63) is 39.3 Å². The molecular formula is C15H17ClN4O2S. The molecule has 1 aliphatic rings. The van der Waals surface area contributed by atoms with Crippen LogP contribution < -0.4 is 11.0 Å². The third-order valence-electron chi connectivity index (χ3n) is 3.69. The van der Waals surface area contributed by atoms with E-state index in [1.54, 1.807) is 23.6 Å². The van der Waals surface area contributed by atoms with Crippen LogP contribution in [0.4, 0.5) is 5.69 Å². The Bertz CT molecular complexity index is 797. The topological polar surface area (TPSA) is 79.8 Å². The fourth-order valence-corrected chi connectivity index (χ4v) is 3.30. The van der Waals surface area contributed by atoms with E-state index < -0.39 is 0 Å². The molecule has 2 aromatic rings. The van der Waals surface area contributed by atoms with Crippen LogP contribution >= 0.6 is 23.4 Å². The Hall–Kier alpha value is -1.73. The molecule has 1 atom stereocenters. The molecule has 1 aromatic carbocycles. The second kappa shape index (κ2) is 6.41. The van der Waals surface area contributed by atoms with E-state index in [4.69, 9.17) is 11.6 Å². The number of rotatable bonds is 5. The molecule has 3 rings (SSSR count). The molecule has 1 aliphatic carbocycles. The summed E-state index contributed by atoms with van der Waals surface area (Å²) in [4.78, 5) is 24.1. The molecule has 0 spiro atoms. The lowest BCUT2D eigenvalue weighted by Gasteiger charge is -2.13. The molecular weight excluding hydrogens is 336 g/mol. The molecule has 6 nitrogen and oxygen atoms in total. The number of benzene rings is 1. The molecule has 1 fully saturated rings. The van der Waals surface area contributed by atoms with Crippen LogP contribution in [0.5, 0.6) is 0 Å². The maximum absolute atomic E-state index is 12.4. The van der Waals surface area contributed by atoms with Crippen LogP contribution in [0.15, 0.2) is 28.2 Å². The van der Waals surface area contributed by atoms with Gasteiger partial charge in [-0.1, -0.05) is 29.4 Å². The molecule has 1 aromatic heterocycles. The van der Waals surface area contributed by atoms with Crippen molar-refractivity contribution in [3.8, 4) is 0 Å². The van der Waals surface area contributed by atoms with Crippen molar-refractivity contribution in [1.29, 1.82) is 0 Å². The molecule has 1 amide bonds. The van der Waals surface area contributed by atoms with Gasteiger partial charge in [0, 0.05) is 16.8 Å². The van der Waals surface area contributed by atoms with Crippen LogP contribution in [0.25, 0.3) is 0 Å². The van der Waals surface area contributed by atoms with Gasteiger partial charge < -0.3 is 5.32 Å². The van der Waals surface area contributed by atoms with Crippen molar-refractivity contribution >= 4 is 35.0 Å². The number of carbonyl (C=O) groups is 1. The van der Waals surface area contributed by atoms with E-state index >= 15 is 0 Å². The van der Waals surface area contributed by atoms with E-state index in [9.17, 15) is 9.59 Å². The lowest BCUT2D eigenvalue weighted by atomic mass is 10.2. The number of anilines is 1. The predicted molar refractivity (Wildman–Crippen MR) is 91.3 cm³/mol. The quantitative estimate of drug-likeness (QED) is 0.811. The van der Waals surface area contributed by atoms with Crippen LogP contribution in [0, 0.1) is 6.92 Å². The third-order valence-corrected chi connectivity index (χ3v) is 4.99. The first kappa shape index (κ1) is 16.1. The fraction of sp³-hybridized carbons (Fsp3) is 0.400. The van der Waals surface area contributed by atoms with Gasteiger partial charge in [0.05, 0.1) is 5.25 Å². The highest BCUT2D eigenvalue weighted by Gasteiger charge is 2.30. The predicted octanol–water partition coefficient (Wildman–Crippen LogP) is 2.99. The van der Waals surface area contributed by atoms with Crippen molar-refractivity contribution in [2.45, 2.75) is 43.1 Å². The van der Waals surface area contributed by atoms with Crippen molar-refractivity contribution < 1.29 is 4.79 Å². The fourth-order valence-electron chi connectivity index (χ4n) is 2.20. The van der Waals surface area contributed by atoms with Crippen molar-refractivity contribution in [2.24, 2.45) is 0 Å². The Morgan fingerprint density at radius 3 is 2.96 bits per heavy atom. The lowest BCUT2D eigenvalue weighted by molar-refractivity contribution is -0.115. The highest BCUT2D eigenvalue weighted by atomic mass is 35.5. The van der Waals surface area contributed by atoms with Crippen LogP contribution in [-0.2, 0) is 4.79 Å². The Labute approximate surface area is 142 Å². The summed E-state index contributed by atoms with van der Waals surface area (Å²) in [7, 11) is 0. The summed E-state index contributed by atoms with van der Waals surface area (Å²) in [5.74, 6) is -0.154. The van der Waals surface area contributed by atoms with Gasteiger partial charge in [-0.15, -0.1) is 5.10 Å². The van der Waals surface area contributed by atoms with Gasteiger partial charge in [-0.3, -0.25) is 9.36 Å². The summed E-state index contributed by atoms with van der Waals surface area (Å²) in [6.07, 6.45) is 1.96. The Kier molecular flexibility index (Phi) is 4.50. The van der Waals surface area contributed by atoms with E-state index in [-0.39, 0.29) is 22.9 Å². The molecule has 122 valence electrons. The van der Waals surface area contributed by atoms with Gasteiger partial charge in [-0.25, -0.2) is 9.89 Å². The molecule has 8 heteroatoms. The number of hydrogen-bond acceptors (Lipinski definition) is 4. The number of nitrogens with zero attached hydrogens (tertiary/aromatic N) is 2. The van der Waals surface area contributed by atoms with Gasteiger partial charge in [-0.2, -0.15) is 0 Å². The van der Waals surface area contributed by atoms with Crippen LogP contribution in [0.1, 0.15) is 31.4 Å². The van der Waals surface area contributed by atoms with Crippen LogP contribution in [0.2, 0.25) is 5.02 Å². The molecule has 0 radical (unpaired) electrons. The maximum atomic E-state index is 12.4. The number of aromatic amines is 1. The Morgan fingerprint density at radius 2 is 2.26 bits per heavy atom. The SMILES string of the molecule is Cc1ccc(Cl)cc1NC(=O)[C@H](C)Sc1n[nH]c(=O)n1C1CC1. The first-order chi connectivity index (χ1) is 11.0. The summed E-state index contributed by atoms with van der Waals surface area (Å²) < 4.78 is 1.64. The molecule has 0 bridgehead atoms. The van der Waals surface area contributed by atoms with Crippen molar-refractivity contribution in [1.82, 2.24) is 14.8 Å². The minimum atomic E-state index is -0.388. The summed E-state index contributed by atoms with van der Waals surface area (Å²) in [5.41, 5.74) is 1.42. The van der Waals surface area contributed by atoms with E-state index in [1.165, 1.54) is 11.8 Å². The molecule has 1 saturated carbocycles. The van der Waals surface area contributed by atoms with E-state index in [2.05, 4.69) is 15.5 Å². The standard InChI is InChI=1S/C15H17ClN4O2S/c1-8-3-4-10(16)7-12(8)17-13(21)9(2)23-15-19-18-14(22)20(15)11-5-6-11/h3-4,7,9,11H,5-6H2,1-2H3,(H,17,21)(H,18,22)/t9-/m0/s1. The number of aryl methyl sites for hydroxylation is 1. The molecule has 0 unspecified atom stereocenters. The van der Waals surface area contributed by atoms with Gasteiger partial charge in [0.25, 0.3) is 0 Å². The van der Waals surface area contributed by atoms with E-state index in [0.29, 0.717) is 15.9 Å². The normalized spacial score (nSPS) is 15.4. The van der Waals surface area contributed by atoms with E-state index in [0.717, 1.165) is 18.4 Å². The molecule has 1 heterocycles. The van der Waals surface area contributed by atoms with E-state index in [1.807, 2.05) is 13.0 Å². The molecule has 0 saturated heterocycles. The number of thioether (sulfide) groups is 1. The third kappa shape index (κ3) is 3.61.